The Kier molecular flexibility index (Phi) is 6.85. The Hall–Kier alpha value is -2.04. The minimum Gasteiger partial charge on any atom is -0.484 e. The van der Waals surface area contributed by atoms with Crippen LogP contribution in [0.25, 0.3) is 0 Å². The van der Waals surface area contributed by atoms with Gasteiger partial charge in [0.25, 0.3) is 5.91 Å². The van der Waals surface area contributed by atoms with Crippen molar-refractivity contribution in [2.45, 2.75) is 46.5 Å². The molecule has 25 heavy (non-hydrogen) atoms. The lowest BCUT2D eigenvalue weighted by molar-refractivity contribution is -0.151. The molecule has 1 heterocycles. The molecular formula is C20H29NO4. The molecule has 0 spiro atoms. The number of carbonyl (C=O) groups excluding carboxylic acids is 2. The van der Waals surface area contributed by atoms with Crippen LogP contribution in [-0.2, 0) is 14.3 Å². The fraction of sp³-hybridized carbons (Fsp3) is 0.600. The lowest BCUT2D eigenvalue weighted by Crippen LogP contribution is -2.42. The van der Waals surface area contributed by atoms with E-state index in [-0.39, 0.29) is 24.4 Å². The van der Waals surface area contributed by atoms with Crippen LogP contribution < -0.4 is 4.74 Å². The van der Waals surface area contributed by atoms with E-state index in [1.807, 2.05) is 19.1 Å². The second-order valence-corrected chi connectivity index (χ2v) is 6.87. The topological polar surface area (TPSA) is 55.8 Å². The summed E-state index contributed by atoms with van der Waals surface area (Å²) in [6.45, 7) is 9.78. The summed E-state index contributed by atoms with van der Waals surface area (Å²) in [5, 5.41) is 0. The van der Waals surface area contributed by atoms with Crippen molar-refractivity contribution in [3.63, 3.8) is 0 Å². The number of carbonyl (C=O) groups is 2. The standard InChI is InChI=1S/C20H29NO4/c1-5-24-20(23)16-8-10-21(11-9-16)19(22)13-25-17-6-7-18(14(2)3)15(4)12-17/h6-7,12,14,16H,5,8-11,13H2,1-4H3. The number of likely N-dealkylation sites (tertiary alicyclic amines) is 1. The highest BCUT2D eigenvalue weighted by Crippen LogP contribution is 2.24. The number of hydrogen-bond acceptors (Lipinski definition) is 4. The van der Waals surface area contributed by atoms with Gasteiger partial charge >= 0.3 is 5.97 Å². The predicted molar refractivity (Wildman–Crippen MR) is 96.7 cm³/mol. The smallest absolute Gasteiger partial charge is 0.309 e. The maximum Gasteiger partial charge on any atom is 0.309 e. The highest BCUT2D eigenvalue weighted by Gasteiger charge is 2.28. The summed E-state index contributed by atoms with van der Waals surface area (Å²) in [5.41, 5.74) is 2.47. The Labute approximate surface area is 150 Å². The van der Waals surface area contributed by atoms with Crippen LogP contribution in [0.4, 0.5) is 0 Å². The molecule has 0 aliphatic carbocycles. The third kappa shape index (κ3) is 5.21. The van der Waals surface area contributed by atoms with E-state index < -0.39 is 0 Å². The van der Waals surface area contributed by atoms with Crippen molar-refractivity contribution in [2.24, 2.45) is 5.92 Å². The lowest BCUT2D eigenvalue weighted by atomic mass is 9.97. The number of hydrogen-bond donors (Lipinski definition) is 0. The van der Waals surface area contributed by atoms with Crippen molar-refractivity contribution in [1.82, 2.24) is 4.90 Å². The largest absolute Gasteiger partial charge is 0.484 e. The highest BCUT2D eigenvalue weighted by molar-refractivity contribution is 5.78. The van der Waals surface area contributed by atoms with E-state index >= 15 is 0 Å². The third-order valence-electron chi connectivity index (χ3n) is 4.69. The van der Waals surface area contributed by atoms with E-state index in [4.69, 9.17) is 9.47 Å². The molecule has 0 aromatic heterocycles. The van der Waals surface area contributed by atoms with Gasteiger partial charge in [0, 0.05) is 13.1 Å². The zero-order valence-electron chi connectivity index (χ0n) is 15.7. The molecule has 5 nitrogen and oxygen atoms in total. The first kappa shape index (κ1) is 19.3. The number of piperidine rings is 1. The Balaban J connectivity index is 1.81. The van der Waals surface area contributed by atoms with E-state index in [0.717, 1.165) is 5.75 Å². The van der Waals surface area contributed by atoms with E-state index in [1.54, 1.807) is 4.90 Å². The molecule has 5 heteroatoms. The molecule has 1 fully saturated rings. The molecule has 1 aromatic carbocycles. The number of nitrogens with zero attached hydrogens (tertiary/aromatic N) is 1. The summed E-state index contributed by atoms with van der Waals surface area (Å²) in [4.78, 5) is 25.8. The maximum absolute atomic E-state index is 12.3. The normalized spacial score (nSPS) is 15.3. The fourth-order valence-electron chi connectivity index (χ4n) is 3.25. The number of ether oxygens (including phenoxy) is 2. The van der Waals surface area contributed by atoms with Gasteiger partial charge in [-0.2, -0.15) is 0 Å². The molecular weight excluding hydrogens is 318 g/mol. The number of benzene rings is 1. The number of rotatable bonds is 6. The highest BCUT2D eigenvalue weighted by atomic mass is 16.5. The molecule has 138 valence electrons. The number of aryl methyl sites for hydroxylation is 1. The summed E-state index contributed by atoms with van der Waals surface area (Å²) >= 11 is 0. The zero-order chi connectivity index (χ0) is 18.4. The molecule has 0 N–H and O–H groups in total. The van der Waals surface area contributed by atoms with Gasteiger partial charge in [-0.1, -0.05) is 19.9 Å². The summed E-state index contributed by atoms with van der Waals surface area (Å²) < 4.78 is 10.7. The van der Waals surface area contributed by atoms with Gasteiger partial charge in [-0.3, -0.25) is 9.59 Å². The second kappa shape index (κ2) is 8.88. The average molecular weight is 347 g/mol. The van der Waals surface area contributed by atoms with E-state index in [0.29, 0.717) is 38.5 Å². The molecule has 0 saturated carbocycles. The van der Waals surface area contributed by atoms with Crippen LogP contribution in [0.15, 0.2) is 18.2 Å². The second-order valence-electron chi connectivity index (χ2n) is 6.87. The first-order valence-electron chi connectivity index (χ1n) is 9.10. The predicted octanol–water partition coefficient (Wildman–Crippen LogP) is 3.30. The lowest BCUT2D eigenvalue weighted by Gasteiger charge is -2.30. The Morgan fingerprint density at radius 3 is 2.48 bits per heavy atom. The number of amides is 1. The Morgan fingerprint density at radius 2 is 1.92 bits per heavy atom. The van der Waals surface area contributed by atoms with Crippen molar-refractivity contribution in [3.05, 3.63) is 29.3 Å². The minimum atomic E-state index is -0.147. The van der Waals surface area contributed by atoms with E-state index in [9.17, 15) is 9.59 Å². The zero-order valence-corrected chi connectivity index (χ0v) is 15.7. The summed E-state index contributed by atoms with van der Waals surface area (Å²) in [6.07, 6.45) is 1.32. The maximum atomic E-state index is 12.3. The summed E-state index contributed by atoms with van der Waals surface area (Å²) in [5.74, 6) is 0.920. The minimum absolute atomic E-state index is 0.0323. The molecule has 0 atom stereocenters. The van der Waals surface area contributed by atoms with Gasteiger partial charge in [-0.15, -0.1) is 0 Å². The molecule has 1 aliphatic rings. The van der Waals surface area contributed by atoms with Crippen LogP contribution in [-0.4, -0.2) is 43.1 Å². The first-order valence-corrected chi connectivity index (χ1v) is 9.10. The molecule has 0 unspecified atom stereocenters. The van der Waals surface area contributed by atoms with Crippen LogP contribution in [0.2, 0.25) is 0 Å². The van der Waals surface area contributed by atoms with Crippen LogP contribution in [0.3, 0.4) is 0 Å². The van der Waals surface area contributed by atoms with Crippen molar-refractivity contribution in [3.8, 4) is 5.75 Å². The summed E-state index contributed by atoms with van der Waals surface area (Å²) in [6, 6.07) is 5.96. The molecule has 1 saturated heterocycles. The van der Waals surface area contributed by atoms with Gasteiger partial charge in [-0.05, 0) is 55.9 Å². The van der Waals surface area contributed by atoms with E-state index in [1.165, 1.54) is 11.1 Å². The van der Waals surface area contributed by atoms with Crippen molar-refractivity contribution in [2.75, 3.05) is 26.3 Å². The van der Waals surface area contributed by atoms with Crippen LogP contribution in [0.1, 0.15) is 50.7 Å². The number of esters is 1. The molecule has 1 aromatic rings. The molecule has 1 aliphatic heterocycles. The first-order chi connectivity index (χ1) is 11.9. The van der Waals surface area contributed by atoms with Crippen molar-refractivity contribution < 1.29 is 19.1 Å². The summed E-state index contributed by atoms with van der Waals surface area (Å²) in [7, 11) is 0. The molecule has 1 amide bonds. The van der Waals surface area contributed by atoms with Gasteiger partial charge < -0.3 is 14.4 Å². The van der Waals surface area contributed by atoms with E-state index in [2.05, 4.69) is 26.8 Å². The SMILES string of the molecule is CCOC(=O)C1CCN(C(=O)COc2ccc(C(C)C)c(C)c2)CC1. The van der Waals surface area contributed by atoms with Crippen LogP contribution >= 0.6 is 0 Å². The third-order valence-corrected chi connectivity index (χ3v) is 4.69. The molecule has 2 rings (SSSR count). The van der Waals surface area contributed by atoms with Gasteiger partial charge in [0.15, 0.2) is 6.61 Å². The van der Waals surface area contributed by atoms with Crippen LogP contribution in [0.5, 0.6) is 5.75 Å². The average Bonchev–Trinajstić information content (AvgIpc) is 2.59. The quantitative estimate of drug-likeness (QED) is 0.741. The Bertz CT molecular complexity index is 604. The van der Waals surface area contributed by atoms with Gasteiger partial charge in [0.2, 0.25) is 0 Å². The van der Waals surface area contributed by atoms with Gasteiger partial charge in [-0.25, -0.2) is 0 Å². The monoisotopic (exact) mass is 347 g/mol. The Morgan fingerprint density at radius 1 is 1.24 bits per heavy atom. The van der Waals surface area contributed by atoms with Gasteiger partial charge in [0.05, 0.1) is 12.5 Å². The van der Waals surface area contributed by atoms with Crippen molar-refractivity contribution in [1.29, 1.82) is 0 Å². The van der Waals surface area contributed by atoms with Gasteiger partial charge in [0.1, 0.15) is 5.75 Å². The fourth-order valence-corrected chi connectivity index (χ4v) is 3.25. The van der Waals surface area contributed by atoms with Crippen molar-refractivity contribution >= 4 is 11.9 Å². The van der Waals surface area contributed by atoms with Crippen LogP contribution in [0, 0.1) is 12.8 Å². The molecule has 0 bridgehead atoms. The molecule has 0 radical (unpaired) electrons.